The van der Waals surface area contributed by atoms with E-state index in [0.29, 0.717) is 12.4 Å². The predicted octanol–water partition coefficient (Wildman–Crippen LogP) is 1.63. The van der Waals surface area contributed by atoms with E-state index >= 15 is 0 Å². The molecule has 0 fully saturated rings. The van der Waals surface area contributed by atoms with Crippen molar-refractivity contribution in [3.63, 3.8) is 0 Å². The summed E-state index contributed by atoms with van der Waals surface area (Å²) < 4.78 is 15.0. The summed E-state index contributed by atoms with van der Waals surface area (Å²) in [5.74, 6) is 0.214. The van der Waals surface area contributed by atoms with Crippen LogP contribution in [-0.4, -0.2) is 38.3 Å². The summed E-state index contributed by atoms with van der Waals surface area (Å²) in [6.45, 7) is 2.18. The highest BCUT2D eigenvalue weighted by Crippen LogP contribution is 2.33. The van der Waals surface area contributed by atoms with Gasteiger partial charge in [-0.05, 0) is 6.92 Å². The summed E-state index contributed by atoms with van der Waals surface area (Å²) >= 11 is 0. The zero-order valence-corrected chi connectivity index (χ0v) is 10.1. The molecule has 0 aromatic heterocycles. The number of methoxy groups -OCH3 is 2. The lowest BCUT2D eigenvalue weighted by molar-refractivity contribution is 0.0842. The number of benzene rings is 1. The Morgan fingerprint density at radius 3 is 2.59 bits per heavy atom. The molecule has 1 aromatic carbocycles. The fourth-order valence-corrected chi connectivity index (χ4v) is 1.47. The molecule has 0 radical (unpaired) electrons. The van der Waals surface area contributed by atoms with E-state index in [0.717, 1.165) is 0 Å². The summed E-state index contributed by atoms with van der Waals surface area (Å²) in [7, 11) is 2.84. The number of hydrogen-bond donors (Lipinski definition) is 1. The Balaban J connectivity index is 3.16. The average molecular weight is 240 g/mol. The second-order valence-corrected chi connectivity index (χ2v) is 3.31. The zero-order valence-electron chi connectivity index (χ0n) is 10.1. The molecule has 0 spiro atoms. The monoisotopic (exact) mass is 240 g/mol. The largest absolute Gasteiger partial charge is 0.507 e. The van der Waals surface area contributed by atoms with Gasteiger partial charge in [-0.3, -0.25) is 4.79 Å². The number of Topliss-reactive ketones (excluding diaryl/α,β-unsaturated/α-hetero) is 1. The molecule has 0 heterocycles. The van der Waals surface area contributed by atoms with Gasteiger partial charge in [-0.2, -0.15) is 0 Å². The first-order chi connectivity index (χ1) is 8.13. The lowest BCUT2D eigenvalue weighted by atomic mass is 10.1. The number of carbonyl (C=O) groups is 1. The zero-order chi connectivity index (χ0) is 12.8. The van der Waals surface area contributed by atoms with E-state index in [4.69, 9.17) is 14.2 Å². The van der Waals surface area contributed by atoms with Crippen molar-refractivity contribution in [2.45, 2.75) is 6.92 Å². The quantitative estimate of drug-likeness (QED) is 0.765. The van der Waals surface area contributed by atoms with Gasteiger partial charge in [-0.15, -0.1) is 0 Å². The van der Waals surface area contributed by atoms with Crippen LogP contribution in [-0.2, 0) is 4.74 Å². The molecular formula is C12H16O5. The molecule has 5 heteroatoms. The highest BCUT2D eigenvalue weighted by atomic mass is 16.5. The summed E-state index contributed by atoms with van der Waals surface area (Å²) in [6.07, 6.45) is 0. The average Bonchev–Trinajstić information content (AvgIpc) is 2.28. The van der Waals surface area contributed by atoms with Crippen molar-refractivity contribution in [1.82, 2.24) is 0 Å². The fraction of sp³-hybridized carbons (Fsp3) is 0.417. The fourth-order valence-electron chi connectivity index (χ4n) is 1.47. The number of rotatable bonds is 6. The number of phenolic OH excluding ortho intramolecular Hbond substituents is 1. The van der Waals surface area contributed by atoms with Crippen LogP contribution in [0.3, 0.4) is 0 Å². The molecule has 0 saturated heterocycles. The van der Waals surface area contributed by atoms with Gasteiger partial charge in [0.15, 0.2) is 5.78 Å². The minimum atomic E-state index is -0.343. The molecule has 0 unspecified atom stereocenters. The molecule has 0 atom stereocenters. The normalized spacial score (nSPS) is 10.1. The van der Waals surface area contributed by atoms with Crippen molar-refractivity contribution in [2.75, 3.05) is 27.4 Å². The summed E-state index contributed by atoms with van der Waals surface area (Å²) in [4.78, 5) is 11.7. The standard InChI is InChI=1S/C12H16O5/c1-4-17-8-5-9(13)12(10(14)7-15-2)11(6-8)16-3/h5-6,13H,4,7H2,1-3H3. The maximum Gasteiger partial charge on any atom is 0.195 e. The van der Waals surface area contributed by atoms with Crippen molar-refractivity contribution < 1.29 is 24.1 Å². The van der Waals surface area contributed by atoms with Crippen LogP contribution in [0.25, 0.3) is 0 Å². The molecule has 0 amide bonds. The third-order valence-electron chi connectivity index (χ3n) is 2.14. The number of carbonyl (C=O) groups excluding carboxylic acids is 1. The molecule has 17 heavy (non-hydrogen) atoms. The molecule has 0 aliphatic rings. The van der Waals surface area contributed by atoms with Gasteiger partial charge < -0.3 is 19.3 Å². The first kappa shape index (κ1) is 13.3. The molecule has 0 bridgehead atoms. The van der Waals surface area contributed by atoms with Crippen molar-refractivity contribution in [1.29, 1.82) is 0 Å². The number of ether oxygens (including phenoxy) is 3. The Bertz CT molecular complexity index is 400. The van der Waals surface area contributed by atoms with Gasteiger partial charge in [-0.1, -0.05) is 0 Å². The molecule has 0 aliphatic heterocycles. The second kappa shape index (κ2) is 6.10. The molecule has 0 saturated carbocycles. The Morgan fingerprint density at radius 1 is 1.35 bits per heavy atom. The molecule has 0 aliphatic carbocycles. The van der Waals surface area contributed by atoms with Crippen LogP contribution in [0.1, 0.15) is 17.3 Å². The number of phenols is 1. The van der Waals surface area contributed by atoms with Crippen molar-refractivity contribution in [2.24, 2.45) is 0 Å². The maximum atomic E-state index is 11.7. The van der Waals surface area contributed by atoms with Gasteiger partial charge in [0.1, 0.15) is 29.4 Å². The van der Waals surface area contributed by atoms with Gasteiger partial charge in [0.2, 0.25) is 0 Å². The summed E-state index contributed by atoms with van der Waals surface area (Å²) in [5, 5.41) is 9.79. The van der Waals surface area contributed by atoms with Crippen molar-refractivity contribution in [3.05, 3.63) is 17.7 Å². The van der Waals surface area contributed by atoms with E-state index in [-0.39, 0.29) is 29.5 Å². The topological polar surface area (TPSA) is 65.0 Å². The lowest BCUT2D eigenvalue weighted by Crippen LogP contribution is -2.09. The Kier molecular flexibility index (Phi) is 4.78. The molecule has 1 aromatic rings. The number of ketones is 1. The van der Waals surface area contributed by atoms with Crippen LogP contribution in [0, 0.1) is 0 Å². The Morgan fingerprint density at radius 2 is 2.06 bits per heavy atom. The minimum absolute atomic E-state index is 0.109. The van der Waals surface area contributed by atoms with Gasteiger partial charge in [0.25, 0.3) is 0 Å². The molecular weight excluding hydrogens is 224 g/mol. The molecule has 1 rings (SSSR count). The van der Waals surface area contributed by atoms with Gasteiger partial charge in [0.05, 0.1) is 13.7 Å². The van der Waals surface area contributed by atoms with Crippen LogP contribution < -0.4 is 9.47 Å². The summed E-state index contributed by atoms with van der Waals surface area (Å²) in [5.41, 5.74) is 0.109. The van der Waals surface area contributed by atoms with E-state index in [1.165, 1.54) is 20.3 Å². The third-order valence-corrected chi connectivity index (χ3v) is 2.14. The van der Waals surface area contributed by atoms with Gasteiger partial charge >= 0.3 is 0 Å². The maximum absolute atomic E-state index is 11.7. The van der Waals surface area contributed by atoms with Crippen LogP contribution in [0.4, 0.5) is 0 Å². The van der Waals surface area contributed by atoms with E-state index < -0.39 is 0 Å². The highest BCUT2D eigenvalue weighted by molar-refractivity contribution is 6.02. The van der Waals surface area contributed by atoms with E-state index in [1.807, 2.05) is 6.92 Å². The van der Waals surface area contributed by atoms with E-state index in [9.17, 15) is 9.90 Å². The number of hydrogen-bond acceptors (Lipinski definition) is 5. The first-order valence-corrected chi connectivity index (χ1v) is 5.20. The molecule has 94 valence electrons. The predicted molar refractivity (Wildman–Crippen MR) is 62.0 cm³/mol. The van der Waals surface area contributed by atoms with Crippen LogP contribution in [0.15, 0.2) is 12.1 Å². The molecule has 5 nitrogen and oxygen atoms in total. The summed E-state index contributed by atoms with van der Waals surface area (Å²) in [6, 6.07) is 2.95. The van der Waals surface area contributed by atoms with Gasteiger partial charge in [-0.25, -0.2) is 0 Å². The third kappa shape index (κ3) is 3.10. The van der Waals surface area contributed by atoms with Crippen molar-refractivity contribution >= 4 is 5.78 Å². The first-order valence-electron chi connectivity index (χ1n) is 5.20. The smallest absolute Gasteiger partial charge is 0.195 e. The van der Waals surface area contributed by atoms with Crippen LogP contribution >= 0.6 is 0 Å². The van der Waals surface area contributed by atoms with Crippen molar-refractivity contribution in [3.8, 4) is 17.2 Å². The van der Waals surface area contributed by atoms with Crippen LogP contribution in [0.5, 0.6) is 17.2 Å². The molecule has 1 N–H and O–H groups in total. The van der Waals surface area contributed by atoms with E-state index in [1.54, 1.807) is 6.07 Å². The Hall–Kier alpha value is -1.75. The SMILES string of the molecule is CCOc1cc(O)c(C(=O)COC)c(OC)c1. The van der Waals surface area contributed by atoms with E-state index in [2.05, 4.69) is 0 Å². The minimum Gasteiger partial charge on any atom is -0.507 e. The lowest BCUT2D eigenvalue weighted by Gasteiger charge is -2.12. The number of aromatic hydroxyl groups is 1. The second-order valence-electron chi connectivity index (χ2n) is 3.31. The Labute approximate surface area is 99.9 Å². The van der Waals surface area contributed by atoms with Crippen LogP contribution in [0.2, 0.25) is 0 Å². The highest BCUT2D eigenvalue weighted by Gasteiger charge is 2.18. The van der Waals surface area contributed by atoms with Gasteiger partial charge in [0, 0.05) is 19.2 Å².